The molecule has 0 atom stereocenters. The lowest BCUT2D eigenvalue weighted by molar-refractivity contribution is 0.296. The molecule has 6 heteroatoms. The second-order valence-electron chi connectivity index (χ2n) is 3.06. The summed E-state index contributed by atoms with van der Waals surface area (Å²) in [4.78, 5) is 0. The Morgan fingerprint density at radius 3 is 3.07 bits per heavy atom. The zero-order valence-electron chi connectivity index (χ0n) is 8.90. The minimum absolute atomic E-state index is 0.270. The summed E-state index contributed by atoms with van der Waals surface area (Å²) >= 11 is 3.40. The van der Waals surface area contributed by atoms with Crippen LogP contribution in [0.4, 0.5) is 5.13 Å². The van der Waals surface area contributed by atoms with E-state index in [0.29, 0.717) is 0 Å². The molecule has 0 unspecified atom stereocenters. The second-order valence-corrected chi connectivity index (χ2v) is 5.22. The van der Waals surface area contributed by atoms with Crippen molar-refractivity contribution in [3.05, 3.63) is 5.01 Å². The van der Waals surface area contributed by atoms with Crippen LogP contribution in [-0.2, 0) is 5.75 Å². The van der Waals surface area contributed by atoms with Gasteiger partial charge in [0.15, 0.2) is 0 Å². The van der Waals surface area contributed by atoms with Crippen LogP contribution in [-0.4, -0.2) is 34.2 Å². The summed E-state index contributed by atoms with van der Waals surface area (Å²) in [5.74, 6) is 1.87. The predicted octanol–water partition coefficient (Wildman–Crippen LogP) is 1.98. The van der Waals surface area contributed by atoms with E-state index < -0.39 is 0 Å². The van der Waals surface area contributed by atoms with Crippen molar-refractivity contribution < 1.29 is 5.11 Å². The van der Waals surface area contributed by atoms with Crippen molar-refractivity contribution in [3.8, 4) is 0 Å². The first kappa shape index (κ1) is 12.7. The molecule has 0 amide bonds. The van der Waals surface area contributed by atoms with Gasteiger partial charge in [0.1, 0.15) is 5.01 Å². The van der Waals surface area contributed by atoms with Gasteiger partial charge >= 0.3 is 0 Å². The molecule has 1 aromatic rings. The highest BCUT2D eigenvalue weighted by atomic mass is 32.2. The number of aliphatic hydroxyl groups excluding tert-OH is 1. The van der Waals surface area contributed by atoms with E-state index in [1.165, 1.54) is 0 Å². The van der Waals surface area contributed by atoms with Crippen LogP contribution in [0, 0.1) is 0 Å². The number of aromatic nitrogens is 2. The van der Waals surface area contributed by atoms with Gasteiger partial charge in [-0.05, 0) is 18.6 Å². The van der Waals surface area contributed by atoms with Crippen molar-refractivity contribution in [3.63, 3.8) is 0 Å². The first-order chi connectivity index (χ1) is 7.36. The number of hydrogen-bond donors (Lipinski definition) is 2. The van der Waals surface area contributed by atoms with Crippen LogP contribution in [0.2, 0.25) is 0 Å². The highest BCUT2D eigenvalue weighted by Gasteiger charge is 2.02. The third kappa shape index (κ3) is 5.34. The first-order valence-electron chi connectivity index (χ1n) is 5.11. The Balaban J connectivity index is 2.20. The highest BCUT2D eigenvalue weighted by Crippen LogP contribution is 2.20. The Labute approximate surface area is 98.5 Å². The lowest BCUT2D eigenvalue weighted by atomic mass is 10.5. The topological polar surface area (TPSA) is 58.0 Å². The monoisotopic (exact) mass is 247 g/mol. The Hall–Kier alpha value is -0.330. The molecule has 0 saturated carbocycles. The fraction of sp³-hybridized carbons (Fsp3) is 0.778. The molecule has 0 fully saturated rings. The summed E-state index contributed by atoms with van der Waals surface area (Å²) in [6, 6.07) is 0. The van der Waals surface area contributed by atoms with Crippen LogP contribution < -0.4 is 5.32 Å². The van der Waals surface area contributed by atoms with E-state index in [1.54, 1.807) is 23.1 Å². The van der Waals surface area contributed by atoms with Gasteiger partial charge in [0.25, 0.3) is 0 Å². The molecular weight excluding hydrogens is 230 g/mol. The van der Waals surface area contributed by atoms with Gasteiger partial charge in [-0.1, -0.05) is 18.3 Å². The molecule has 0 aliphatic heterocycles. The molecule has 86 valence electrons. The third-order valence-electron chi connectivity index (χ3n) is 1.67. The maximum atomic E-state index is 8.62. The van der Waals surface area contributed by atoms with Crippen molar-refractivity contribution in [1.82, 2.24) is 10.2 Å². The molecule has 2 N–H and O–H groups in total. The lowest BCUT2D eigenvalue weighted by Gasteiger charge is -1.96. The number of thioether (sulfide) groups is 1. The zero-order chi connectivity index (χ0) is 10.9. The van der Waals surface area contributed by atoms with Gasteiger partial charge in [-0.25, -0.2) is 0 Å². The Morgan fingerprint density at radius 1 is 1.47 bits per heavy atom. The SMILES string of the molecule is CCCNc1nnc(CSCCCO)s1. The van der Waals surface area contributed by atoms with E-state index in [4.69, 9.17) is 5.11 Å². The number of hydrogen-bond acceptors (Lipinski definition) is 6. The normalized spacial score (nSPS) is 10.5. The van der Waals surface area contributed by atoms with Crippen LogP contribution >= 0.6 is 23.1 Å². The number of nitrogens with zero attached hydrogens (tertiary/aromatic N) is 2. The number of aliphatic hydroxyl groups is 1. The van der Waals surface area contributed by atoms with Gasteiger partial charge in [-0.2, -0.15) is 11.8 Å². The van der Waals surface area contributed by atoms with Crippen molar-refractivity contribution in [2.45, 2.75) is 25.5 Å². The van der Waals surface area contributed by atoms with E-state index >= 15 is 0 Å². The van der Waals surface area contributed by atoms with E-state index in [2.05, 4.69) is 22.4 Å². The maximum absolute atomic E-state index is 8.62. The molecule has 0 saturated heterocycles. The molecule has 0 bridgehead atoms. The van der Waals surface area contributed by atoms with E-state index in [-0.39, 0.29) is 6.61 Å². The fourth-order valence-corrected chi connectivity index (χ4v) is 2.70. The van der Waals surface area contributed by atoms with Gasteiger partial charge in [0.2, 0.25) is 5.13 Å². The number of rotatable bonds is 8. The largest absolute Gasteiger partial charge is 0.396 e. The van der Waals surface area contributed by atoms with Gasteiger partial charge in [0, 0.05) is 18.9 Å². The molecule has 0 spiro atoms. The second kappa shape index (κ2) is 7.90. The average molecular weight is 247 g/mol. The summed E-state index contributed by atoms with van der Waals surface area (Å²) in [6.07, 6.45) is 1.95. The highest BCUT2D eigenvalue weighted by molar-refractivity contribution is 7.98. The lowest BCUT2D eigenvalue weighted by Crippen LogP contribution is -1.98. The van der Waals surface area contributed by atoms with Crippen molar-refractivity contribution >= 4 is 28.2 Å². The number of nitrogens with one attached hydrogen (secondary N) is 1. The zero-order valence-corrected chi connectivity index (χ0v) is 10.5. The first-order valence-corrected chi connectivity index (χ1v) is 7.08. The van der Waals surface area contributed by atoms with Crippen molar-refractivity contribution in [2.24, 2.45) is 0 Å². The third-order valence-corrected chi connectivity index (χ3v) is 3.78. The quantitative estimate of drug-likeness (QED) is 0.688. The predicted molar refractivity (Wildman–Crippen MR) is 66.6 cm³/mol. The Bertz CT molecular complexity index is 268. The average Bonchev–Trinajstić information content (AvgIpc) is 2.69. The van der Waals surface area contributed by atoms with Gasteiger partial charge in [-0.3, -0.25) is 0 Å². The number of anilines is 1. The fourth-order valence-electron chi connectivity index (χ4n) is 0.941. The molecule has 1 rings (SSSR count). The molecule has 0 aromatic carbocycles. The van der Waals surface area contributed by atoms with Gasteiger partial charge in [0.05, 0.1) is 0 Å². The van der Waals surface area contributed by atoms with Gasteiger partial charge < -0.3 is 10.4 Å². The summed E-state index contributed by atoms with van der Waals surface area (Å²) in [7, 11) is 0. The molecule has 0 radical (unpaired) electrons. The molecule has 1 aromatic heterocycles. The van der Waals surface area contributed by atoms with Crippen LogP contribution in [0.3, 0.4) is 0 Å². The molecular formula is C9H17N3OS2. The summed E-state index contributed by atoms with van der Waals surface area (Å²) < 4.78 is 0. The maximum Gasteiger partial charge on any atom is 0.205 e. The van der Waals surface area contributed by atoms with Crippen LogP contribution in [0.1, 0.15) is 24.8 Å². The molecule has 4 nitrogen and oxygen atoms in total. The molecule has 1 heterocycles. The van der Waals surface area contributed by atoms with Crippen LogP contribution in [0.5, 0.6) is 0 Å². The van der Waals surface area contributed by atoms with E-state index in [0.717, 1.165) is 41.0 Å². The Kier molecular flexibility index (Phi) is 6.71. The smallest absolute Gasteiger partial charge is 0.205 e. The molecule has 15 heavy (non-hydrogen) atoms. The van der Waals surface area contributed by atoms with Crippen molar-refractivity contribution in [1.29, 1.82) is 0 Å². The van der Waals surface area contributed by atoms with Crippen LogP contribution in [0.15, 0.2) is 0 Å². The van der Waals surface area contributed by atoms with Gasteiger partial charge in [-0.15, -0.1) is 10.2 Å². The summed E-state index contributed by atoms with van der Waals surface area (Å²) in [5, 5.41) is 21.9. The molecule has 0 aliphatic rings. The summed E-state index contributed by atoms with van der Waals surface area (Å²) in [6.45, 7) is 3.35. The van der Waals surface area contributed by atoms with Crippen molar-refractivity contribution in [2.75, 3.05) is 24.2 Å². The standard InChI is InChI=1S/C9H17N3OS2/c1-2-4-10-9-12-11-8(15-9)7-14-6-3-5-13/h13H,2-7H2,1H3,(H,10,12). The minimum Gasteiger partial charge on any atom is -0.396 e. The van der Waals surface area contributed by atoms with Crippen LogP contribution in [0.25, 0.3) is 0 Å². The Morgan fingerprint density at radius 2 is 2.33 bits per heavy atom. The summed E-state index contributed by atoms with van der Waals surface area (Å²) in [5.41, 5.74) is 0. The minimum atomic E-state index is 0.270. The molecule has 0 aliphatic carbocycles. The van der Waals surface area contributed by atoms with E-state index in [1.807, 2.05) is 0 Å². The van der Waals surface area contributed by atoms with E-state index in [9.17, 15) is 0 Å².